The zero-order chi connectivity index (χ0) is 10.7. The monoisotopic (exact) mass is 203 g/mol. The maximum absolute atomic E-state index is 2.58. The highest BCUT2D eigenvalue weighted by atomic mass is 15.2. The molecule has 0 spiro atoms. The maximum atomic E-state index is 2.58. The van der Waals surface area contributed by atoms with Gasteiger partial charge in [-0.1, -0.05) is 44.2 Å². The highest BCUT2D eigenvalue weighted by Gasteiger charge is 2.31. The van der Waals surface area contributed by atoms with Crippen molar-refractivity contribution in [2.45, 2.75) is 33.2 Å². The van der Waals surface area contributed by atoms with Gasteiger partial charge in [-0.15, -0.1) is 0 Å². The summed E-state index contributed by atoms with van der Waals surface area (Å²) in [4.78, 5) is 2.58. The highest BCUT2D eigenvalue weighted by molar-refractivity contribution is 5.14. The van der Waals surface area contributed by atoms with E-state index in [9.17, 15) is 0 Å². The van der Waals surface area contributed by atoms with Gasteiger partial charge in [-0.05, 0) is 30.4 Å². The normalized spacial score (nSPS) is 27.1. The molecule has 1 unspecified atom stereocenters. The number of hydrogen-bond donors (Lipinski definition) is 0. The maximum Gasteiger partial charge on any atom is 0.0233 e. The number of benzene rings is 1. The van der Waals surface area contributed by atoms with Crippen molar-refractivity contribution < 1.29 is 0 Å². The molecule has 0 radical (unpaired) electrons. The van der Waals surface area contributed by atoms with Gasteiger partial charge in [0.2, 0.25) is 0 Å². The van der Waals surface area contributed by atoms with E-state index in [4.69, 9.17) is 0 Å². The Labute approximate surface area is 93.1 Å². The second-order valence-corrected chi connectivity index (χ2v) is 5.11. The van der Waals surface area contributed by atoms with Crippen LogP contribution in [-0.4, -0.2) is 18.0 Å². The Bertz CT molecular complexity index is 306. The molecule has 1 fully saturated rings. The molecule has 0 aromatic heterocycles. The summed E-state index contributed by atoms with van der Waals surface area (Å²) in [6, 6.07) is 10.8. The topological polar surface area (TPSA) is 3.24 Å². The first-order valence-electron chi connectivity index (χ1n) is 5.98. The van der Waals surface area contributed by atoms with Gasteiger partial charge in [0.05, 0.1) is 0 Å². The molecule has 82 valence electrons. The number of nitrogens with zero attached hydrogens (tertiary/aromatic N) is 1. The van der Waals surface area contributed by atoms with Crippen LogP contribution in [0.25, 0.3) is 0 Å². The van der Waals surface area contributed by atoms with Crippen molar-refractivity contribution in [3.05, 3.63) is 35.9 Å². The Kier molecular flexibility index (Phi) is 3.11. The zero-order valence-corrected chi connectivity index (χ0v) is 9.87. The van der Waals surface area contributed by atoms with Crippen LogP contribution in [0.4, 0.5) is 0 Å². The van der Waals surface area contributed by atoms with Crippen LogP contribution in [0.15, 0.2) is 30.3 Å². The molecule has 1 atom stereocenters. The first-order chi connectivity index (χ1) is 7.22. The van der Waals surface area contributed by atoms with Gasteiger partial charge in [0.1, 0.15) is 0 Å². The lowest BCUT2D eigenvalue weighted by Gasteiger charge is -2.22. The van der Waals surface area contributed by atoms with Crippen molar-refractivity contribution in [1.82, 2.24) is 4.90 Å². The Morgan fingerprint density at radius 2 is 2.00 bits per heavy atom. The Morgan fingerprint density at radius 3 is 2.60 bits per heavy atom. The molecule has 1 aliphatic heterocycles. The van der Waals surface area contributed by atoms with Crippen molar-refractivity contribution in [1.29, 1.82) is 0 Å². The summed E-state index contributed by atoms with van der Waals surface area (Å²) in [7, 11) is 0. The van der Waals surface area contributed by atoms with Crippen LogP contribution in [0.3, 0.4) is 0 Å². The van der Waals surface area contributed by atoms with Gasteiger partial charge in [0.25, 0.3) is 0 Å². The van der Waals surface area contributed by atoms with E-state index in [1.54, 1.807) is 0 Å². The van der Waals surface area contributed by atoms with E-state index >= 15 is 0 Å². The van der Waals surface area contributed by atoms with Crippen LogP contribution >= 0.6 is 0 Å². The minimum absolute atomic E-state index is 0.564. The SMILES string of the molecule is CCC1(C)CCN(Cc2ccccc2)C1. The molecule has 1 nitrogen and oxygen atoms in total. The molecule has 2 rings (SSSR count). The number of likely N-dealkylation sites (tertiary alicyclic amines) is 1. The summed E-state index contributed by atoms with van der Waals surface area (Å²) in [6.07, 6.45) is 2.66. The minimum atomic E-state index is 0.564. The quantitative estimate of drug-likeness (QED) is 0.728. The lowest BCUT2D eigenvalue weighted by molar-refractivity contribution is 0.263. The lowest BCUT2D eigenvalue weighted by atomic mass is 9.87. The van der Waals surface area contributed by atoms with Crippen LogP contribution in [0.1, 0.15) is 32.3 Å². The Morgan fingerprint density at radius 1 is 1.27 bits per heavy atom. The zero-order valence-electron chi connectivity index (χ0n) is 9.87. The predicted molar refractivity (Wildman–Crippen MR) is 64.7 cm³/mol. The van der Waals surface area contributed by atoms with Gasteiger partial charge in [-0.3, -0.25) is 4.90 Å². The third-order valence-corrected chi connectivity index (χ3v) is 3.74. The summed E-state index contributed by atoms with van der Waals surface area (Å²) in [5.41, 5.74) is 2.01. The standard InChI is InChI=1S/C14H21N/c1-3-14(2)9-10-15(12-14)11-13-7-5-4-6-8-13/h4-8H,3,9-12H2,1-2H3. The minimum Gasteiger partial charge on any atom is -0.299 e. The first kappa shape index (κ1) is 10.7. The smallest absolute Gasteiger partial charge is 0.0233 e. The van der Waals surface area contributed by atoms with E-state index in [1.807, 2.05) is 0 Å². The van der Waals surface area contributed by atoms with Gasteiger partial charge in [0.15, 0.2) is 0 Å². The van der Waals surface area contributed by atoms with E-state index in [2.05, 4.69) is 49.1 Å². The molecule has 0 saturated carbocycles. The molecular weight excluding hydrogens is 182 g/mol. The Hall–Kier alpha value is -0.820. The van der Waals surface area contributed by atoms with Crippen LogP contribution < -0.4 is 0 Å². The summed E-state index contributed by atoms with van der Waals surface area (Å²) in [5, 5.41) is 0. The fourth-order valence-electron chi connectivity index (χ4n) is 2.39. The molecule has 0 N–H and O–H groups in total. The van der Waals surface area contributed by atoms with Gasteiger partial charge in [-0.2, -0.15) is 0 Å². The average molecular weight is 203 g/mol. The van der Waals surface area contributed by atoms with Gasteiger partial charge >= 0.3 is 0 Å². The van der Waals surface area contributed by atoms with Gasteiger partial charge in [-0.25, -0.2) is 0 Å². The molecule has 0 aliphatic carbocycles. The summed E-state index contributed by atoms with van der Waals surface area (Å²) >= 11 is 0. The van der Waals surface area contributed by atoms with Crippen molar-refractivity contribution >= 4 is 0 Å². The van der Waals surface area contributed by atoms with Gasteiger partial charge < -0.3 is 0 Å². The second-order valence-electron chi connectivity index (χ2n) is 5.11. The van der Waals surface area contributed by atoms with Crippen LogP contribution in [0.5, 0.6) is 0 Å². The van der Waals surface area contributed by atoms with E-state index in [0.717, 1.165) is 6.54 Å². The fraction of sp³-hybridized carbons (Fsp3) is 0.571. The molecule has 1 heterocycles. The predicted octanol–water partition coefficient (Wildman–Crippen LogP) is 3.31. The Balaban J connectivity index is 1.93. The van der Waals surface area contributed by atoms with E-state index in [-0.39, 0.29) is 0 Å². The van der Waals surface area contributed by atoms with Crippen molar-refractivity contribution in [2.24, 2.45) is 5.41 Å². The first-order valence-corrected chi connectivity index (χ1v) is 5.98. The van der Waals surface area contributed by atoms with Crippen LogP contribution in [0.2, 0.25) is 0 Å². The molecule has 1 heteroatoms. The third kappa shape index (κ3) is 2.60. The van der Waals surface area contributed by atoms with Crippen LogP contribution in [0, 0.1) is 5.41 Å². The highest BCUT2D eigenvalue weighted by Crippen LogP contribution is 2.33. The molecule has 0 amide bonds. The number of hydrogen-bond acceptors (Lipinski definition) is 1. The van der Waals surface area contributed by atoms with Crippen molar-refractivity contribution in [3.63, 3.8) is 0 Å². The van der Waals surface area contributed by atoms with E-state index in [0.29, 0.717) is 5.41 Å². The number of rotatable bonds is 3. The lowest BCUT2D eigenvalue weighted by Crippen LogP contribution is -2.24. The summed E-state index contributed by atoms with van der Waals surface area (Å²) in [5.74, 6) is 0. The molecule has 15 heavy (non-hydrogen) atoms. The fourth-order valence-corrected chi connectivity index (χ4v) is 2.39. The molecule has 1 saturated heterocycles. The van der Waals surface area contributed by atoms with Crippen molar-refractivity contribution in [2.75, 3.05) is 13.1 Å². The summed E-state index contributed by atoms with van der Waals surface area (Å²) < 4.78 is 0. The van der Waals surface area contributed by atoms with Crippen molar-refractivity contribution in [3.8, 4) is 0 Å². The van der Waals surface area contributed by atoms with Crippen LogP contribution in [-0.2, 0) is 6.54 Å². The molecule has 0 bridgehead atoms. The molecule has 1 aromatic carbocycles. The molecule has 1 aliphatic rings. The largest absolute Gasteiger partial charge is 0.299 e. The van der Waals surface area contributed by atoms with E-state index in [1.165, 1.54) is 31.5 Å². The molecule has 1 aromatic rings. The summed E-state index contributed by atoms with van der Waals surface area (Å²) in [6.45, 7) is 8.37. The third-order valence-electron chi connectivity index (χ3n) is 3.74. The van der Waals surface area contributed by atoms with E-state index < -0.39 is 0 Å². The average Bonchev–Trinajstić information content (AvgIpc) is 2.63. The second kappa shape index (κ2) is 4.36. The molecular formula is C14H21N. The van der Waals surface area contributed by atoms with Gasteiger partial charge in [0, 0.05) is 13.1 Å².